The zero-order chi connectivity index (χ0) is 10.3. The van der Waals surface area contributed by atoms with Crippen LogP contribution in [0.25, 0.3) is 21.9 Å². The highest BCUT2D eigenvalue weighted by molar-refractivity contribution is 7.18. The Labute approximate surface area is 89.0 Å². The second kappa shape index (κ2) is 3.03. The van der Waals surface area contributed by atoms with Crippen molar-refractivity contribution in [3.63, 3.8) is 0 Å². The van der Waals surface area contributed by atoms with Gasteiger partial charge in [-0.05, 0) is 12.1 Å². The van der Waals surface area contributed by atoms with E-state index in [9.17, 15) is 0 Å². The SMILES string of the molecule is Nc1nnc(-c2nc3ccccc3[nH]2)s1. The molecular formula is C9H7N5S. The minimum absolute atomic E-state index is 0.449. The fourth-order valence-corrected chi connectivity index (χ4v) is 1.94. The monoisotopic (exact) mass is 217 g/mol. The van der Waals surface area contributed by atoms with E-state index in [1.807, 2.05) is 24.3 Å². The third kappa shape index (κ3) is 1.35. The lowest BCUT2D eigenvalue weighted by molar-refractivity contribution is 1.09. The average Bonchev–Trinajstić information content (AvgIpc) is 2.82. The van der Waals surface area contributed by atoms with E-state index in [0.29, 0.717) is 16.0 Å². The summed E-state index contributed by atoms with van der Waals surface area (Å²) in [7, 11) is 0. The maximum Gasteiger partial charge on any atom is 0.203 e. The summed E-state index contributed by atoms with van der Waals surface area (Å²) in [5, 5.41) is 8.84. The van der Waals surface area contributed by atoms with Crippen molar-refractivity contribution in [2.75, 3.05) is 5.73 Å². The highest BCUT2D eigenvalue weighted by atomic mass is 32.1. The van der Waals surface area contributed by atoms with Crippen molar-refractivity contribution in [2.24, 2.45) is 0 Å². The van der Waals surface area contributed by atoms with Gasteiger partial charge in [0, 0.05) is 0 Å². The fraction of sp³-hybridized carbons (Fsp3) is 0. The summed E-state index contributed by atoms with van der Waals surface area (Å²) in [6, 6.07) is 7.82. The third-order valence-electron chi connectivity index (χ3n) is 2.03. The van der Waals surface area contributed by atoms with Gasteiger partial charge in [0.15, 0.2) is 10.8 Å². The van der Waals surface area contributed by atoms with Crippen LogP contribution in [-0.2, 0) is 0 Å². The molecule has 0 fully saturated rings. The number of para-hydroxylation sites is 2. The summed E-state index contributed by atoms with van der Waals surface area (Å²) in [4.78, 5) is 7.56. The van der Waals surface area contributed by atoms with Gasteiger partial charge in [-0.3, -0.25) is 0 Å². The average molecular weight is 217 g/mol. The number of hydrogen-bond donors (Lipinski definition) is 2. The van der Waals surface area contributed by atoms with Crippen LogP contribution in [0.5, 0.6) is 0 Å². The molecule has 0 amide bonds. The number of imidazole rings is 1. The van der Waals surface area contributed by atoms with Crippen LogP contribution in [0.3, 0.4) is 0 Å². The maximum atomic E-state index is 5.51. The number of H-pyrrole nitrogens is 1. The van der Waals surface area contributed by atoms with Gasteiger partial charge in [-0.2, -0.15) is 0 Å². The second-order valence-electron chi connectivity index (χ2n) is 3.05. The number of aromatic amines is 1. The lowest BCUT2D eigenvalue weighted by Gasteiger charge is -1.83. The second-order valence-corrected chi connectivity index (χ2v) is 4.06. The van der Waals surface area contributed by atoms with Gasteiger partial charge < -0.3 is 10.7 Å². The van der Waals surface area contributed by atoms with Gasteiger partial charge in [-0.1, -0.05) is 23.5 Å². The molecule has 0 saturated carbocycles. The predicted octanol–water partition coefficient (Wildman–Crippen LogP) is 1.66. The summed E-state index contributed by atoms with van der Waals surface area (Å²) in [6.07, 6.45) is 0. The zero-order valence-corrected chi connectivity index (χ0v) is 8.45. The van der Waals surface area contributed by atoms with Crippen LogP contribution >= 0.6 is 11.3 Å². The molecule has 0 aliphatic heterocycles. The third-order valence-corrected chi connectivity index (χ3v) is 2.79. The minimum atomic E-state index is 0.449. The van der Waals surface area contributed by atoms with E-state index in [0.717, 1.165) is 11.0 Å². The largest absolute Gasteiger partial charge is 0.374 e. The van der Waals surface area contributed by atoms with Crippen LogP contribution in [0.2, 0.25) is 0 Å². The first-order valence-electron chi connectivity index (χ1n) is 4.37. The normalized spacial score (nSPS) is 10.9. The van der Waals surface area contributed by atoms with Gasteiger partial charge in [0.05, 0.1) is 11.0 Å². The number of benzene rings is 1. The lowest BCUT2D eigenvalue weighted by atomic mass is 10.3. The van der Waals surface area contributed by atoms with Crippen LogP contribution in [0.4, 0.5) is 5.13 Å². The van der Waals surface area contributed by atoms with Crippen LogP contribution < -0.4 is 5.73 Å². The van der Waals surface area contributed by atoms with E-state index < -0.39 is 0 Å². The van der Waals surface area contributed by atoms with Crippen molar-refractivity contribution >= 4 is 27.5 Å². The van der Waals surface area contributed by atoms with Gasteiger partial charge in [0.25, 0.3) is 0 Å². The summed E-state index contributed by atoms with van der Waals surface area (Å²) in [5.74, 6) is 0.713. The van der Waals surface area contributed by atoms with Gasteiger partial charge in [0.2, 0.25) is 5.13 Å². The molecular weight excluding hydrogens is 210 g/mol. The van der Waals surface area contributed by atoms with Gasteiger partial charge >= 0.3 is 0 Å². The molecule has 0 saturated heterocycles. The van der Waals surface area contributed by atoms with Gasteiger partial charge in [0.1, 0.15) is 0 Å². The van der Waals surface area contributed by atoms with Crippen LogP contribution in [0.15, 0.2) is 24.3 Å². The highest BCUT2D eigenvalue weighted by Gasteiger charge is 2.09. The molecule has 5 nitrogen and oxygen atoms in total. The van der Waals surface area contributed by atoms with Gasteiger partial charge in [-0.25, -0.2) is 4.98 Å². The Morgan fingerprint density at radius 2 is 2.07 bits per heavy atom. The molecule has 3 aromatic rings. The highest BCUT2D eigenvalue weighted by Crippen LogP contribution is 2.24. The smallest absolute Gasteiger partial charge is 0.203 e. The molecule has 3 rings (SSSR count). The Bertz CT molecular complexity index is 579. The topological polar surface area (TPSA) is 80.5 Å². The number of anilines is 1. The van der Waals surface area contributed by atoms with E-state index in [1.165, 1.54) is 11.3 Å². The molecule has 74 valence electrons. The predicted molar refractivity (Wildman–Crippen MR) is 59.4 cm³/mol. The molecule has 0 radical (unpaired) electrons. The molecule has 3 N–H and O–H groups in total. The first kappa shape index (κ1) is 8.37. The molecule has 0 unspecified atom stereocenters. The number of nitrogen functional groups attached to an aromatic ring is 1. The van der Waals surface area contributed by atoms with Crippen molar-refractivity contribution in [1.82, 2.24) is 20.2 Å². The minimum Gasteiger partial charge on any atom is -0.374 e. The number of aromatic nitrogens is 4. The van der Waals surface area contributed by atoms with Crippen molar-refractivity contribution in [3.8, 4) is 10.8 Å². The Balaban J connectivity index is 2.19. The summed E-state index contributed by atoms with van der Waals surface area (Å²) in [6.45, 7) is 0. The van der Waals surface area contributed by atoms with E-state index in [1.54, 1.807) is 0 Å². The standard InChI is InChI=1S/C9H7N5S/c10-9-14-13-8(15-9)7-11-5-3-1-2-4-6(5)12-7/h1-4H,(H2,10,14)(H,11,12). The fourth-order valence-electron chi connectivity index (χ4n) is 1.38. The van der Waals surface area contributed by atoms with E-state index in [4.69, 9.17) is 5.73 Å². The van der Waals surface area contributed by atoms with E-state index >= 15 is 0 Å². The number of rotatable bonds is 1. The Kier molecular flexibility index (Phi) is 1.69. The molecule has 15 heavy (non-hydrogen) atoms. The Morgan fingerprint density at radius 1 is 1.20 bits per heavy atom. The first-order valence-corrected chi connectivity index (χ1v) is 5.19. The van der Waals surface area contributed by atoms with Crippen molar-refractivity contribution in [3.05, 3.63) is 24.3 Å². The molecule has 0 spiro atoms. The summed E-state index contributed by atoms with van der Waals surface area (Å²) < 4.78 is 0. The van der Waals surface area contributed by atoms with Crippen molar-refractivity contribution in [2.45, 2.75) is 0 Å². The van der Waals surface area contributed by atoms with Crippen molar-refractivity contribution in [1.29, 1.82) is 0 Å². The molecule has 0 aliphatic rings. The number of fused-ring (bicyclic) bond motifs is 1. The lowest BCUT2D eigenvalue weighted by Crippen LogP contribution is -1.80. The Hall–Kier alpha value is -1.95. The van der Waals surface area contributed by atoms with Crippen LogP contribution in [-0.4, -0.2) is 20.2 Å². The quantitative estimate of drug-likeness (QED) is 0.649. The number of nitrogens with zero attached hydrogens (tertiary/aromatic N) is 3. The maximum absolute atomic E-state index is 5.51. The molecule has 0 aliphatic carbocycles. The molecule has 0 bridgehead atoms. The molecule has 0 atom stereocenters. The Morgan fingerprint density at radius 3 is 2.80 bits per heavy atom. The number of nitrogens with one attached hydrogen (secondary N) is 1. The van der Waals surface area contributed by atoms with Gasteiger partial charge in [-0.15, -0.1) is 10.2 Å². The van der Waals surface area contributed by atoms with Crippen LogP contribution in [0.1, 0.15) is 0 Å². The molecule has 6 heteroatoms. The molecule has 2 aromatic heterocycles. The number of nitrogens with two attached hydrogens (primary N) is 1. The number of hydrogen-bond acceptors (Lipinski definition) is 5. The van der Waals surface area contributed by atoms with Crippen molar-refractivity contribution < 1.29 is 0 Å². The summed E-state index contributed by atoms with van der Waals surface area (Å²) in [5.41, 5.74) is 7.42. The molecule has 2 heterocycles. The first-order chi connectivity index (χ1) is 7.33. The summed E-state index contributed by atoms with van der Waals surface area (Å²) >= 11 is 1.32. The van der Waals surface area contributed by atoms with E-state index in [-0.39, 0.29) is 0 Å². The molecule has 1 aromatic carbocycles. The zero-order valence-electron chi connectivity index (χ0n) is 7.64. The van der Waals surface area contributed by atoms with E-state index in [2.05, 4.69) is 20.2 Å². The van der Waals surface area contributed by atoms with Crippen LogP contribution in [0, 0.1) is 0 Å².